The molecule has 0 saturated carbocycles. The van der Waals surface area contributed by atoms with Gasteiger partial charge in [0.2, 0.25) is 0 Å². The maximum absolute atomic E-state index is 12.8. The van der Waals surface area contributed by atoms with E-state index in [9.17, 15) is 18.0 Å². The van der Waals surface area contributed by atoms with E-state index in [1.54, 1.807) is 20.8 Å². The molecule has 9 heteroatoms. The van der Waals surface area contributed by atoms with Crippen LogP contribution in [0, 0.1) is 6.92 Å². The van der Waals surface area contributed by atoms with Crippen LogP contribution in [0.4, 0.5) is 13.2 Å². The Bertz CT molecular complexity index is 823. The third-order valence-corrected chi connectivity index (χ3v) is 3.34. The van der Waals surface area contributed by atoms with Crippen molar-refractivity contribution in [2.45, 2.75) is 39.5 Å². The Morgan fingerprint density at radius 2 is 1.81 bits per heavy atom. The van der Waals surface area contributed by atoms with E-state index in [-0.39, 0.29) is 18.1 Å². The summed E-state index contributed by atoms with van der Waals surface area (Å²) in [6, 6.07) is 5.45. The van der Waals surface area contributed by atoms with E-state index in [0.717, 1.165) is 10.7 Å². The molecule has 2 aromatic rings. The number of methoxy groups -OCH3 is 1. The first kappa shape index (κ1) is 20.6. The highest BCUT2D eigenvalue weighted by Gasteiger charge is 2.34. The molecule has 0 aliphatic heterocycles. The summed E-state index contributed by atoms with van der Waals surface area (Å²) in [4.78, 5) is 11.8. The predicted molar refractivity (Wildman–Crippen MR) is 91.2 cm³/mol. The summed E-state index contributed by atoms with van der Waals surface area (Å²) in [5.41, 5.74) is -0.942. The monoisotopic (exact) mass is 386 g/mol. The Morgan fingerprint density at radius 3 is 2.33 bits per heavy atom. The van der Waals surface area contributed by atoms with Gasteiger partial charge in [-0.3, -0.25) is 0 Å². The van der Waals surface area contributed by atoms with Crippen LogP contribution in [-0.4, -0.2) is 35.1 Å². The maximum atomic E-state index is 12.8. The van der Waals surface area contributed by atoms with Crippen LogP contribution >= 0.6 is 0 Å². The normalized spacial score (nSPS) is 12.0. The first-order chi connectivity index (χ1) is 12.4. The van der Waals surface area contributed by atoms with Crippen molar-refractivity contribution < 1.29 is 32.2 Å². The van der Waals surface area contributed by atoms with Gasteiger partial charge in [-0.15, -0.1) is 0 Å². The van der Waals surface area contributed by atoms with Crippen LogP contribution in [0.25, 0.3) is 5.69 Å². The first-order valence-electron chi connectivity index (χ1n) is 8.07. The lowest BCUT2D eigenvalue weighted by Gasteiger charge is -2.20. The minimum absolute atomic E-state index is 0.250. The molecule has 0 radical (unpaired) electrons. The van der Waals surface area contributed by atoms with Crippen LogP contribution < -0.4 is 9.47 Å². The van der Waals surface area contributed by atoms with Crippen molar-refractivity contribution in [1.82, 2.24) is 9.78 Å². The average Bonchev–Trinajstić information content (AvgIpc) is 2.93. The standard InChI is InChI=1S/C18H21F3N2O4/c1-11-8-15(18(19,20)21)22-23(11)12-6-7-13(14(9-12)25-5)26-10-16(24)27-17(2,3)4/h6-9H,10H2,1-5H3. The number of benzene rings is 1. The van der Waals surface area contributed by atoms with Crippen LogP contribution in [0.15, 0.2) is 24.3 Å². The Balaban J connectivity index is 2.22. The highest BCUT2D eigenvalue weighted by Crippen LogP contribution is 2.32. The van der Waals surface area contributed by atoms with Crippen molar-refractivity contribution in [2.75, 3.05) is 13.7 Å². The zero-order valence-corrected chi connectivity index (χ0v) is 15.7. The van der Waals surface area contributed by atoms with E-state index in [1.165, 1.54) is 32.2 Å². The number of hydrogen-bond donors (Lipinski definition) is 0. The van der Waals surface area contributed by atoms with Gasteiger partial charge in [0, 0.05) is 11.8 Å². The Kier molecular flexibility index (Phi) is 5.72. The molecule has 0 atom stereocenters. The summed E-state index contributed by atoms with van der Waals surface area (Å²) in [5.74, 6) is -0.0427. The van der Waals surface area contributed by atoms with E-state index in [0.29, 0.717) is 11.4 Å². The number of halogens is 3. The molecule has 0 N–H and O–H groups in total. The van der Waals surface area contributed by atoms with Crippen LogP contribution in [0.2, 0.25) is 0 Å². The number of rotatable bonds is 5. The van der Waals surface area contributed by atoms with E-state index in [4.69, 9.17) is 14.2 Å². The van der Waals surface area contributed by atoms with Crippen LogP contribution in [0.3, 0.4) is 0 Å². The number of nitrogens with zero attached hydrogens (tertiary/aromatic N) is 2. The van der Waals surface area contributed by atoms with Gasteiger partial charge >= 0.3 is 12.1 Å². The summed E-state index contributed by atoms with van der Waals surface area (Å²) >= 11 is 0. The second-order valence-corrected chi connectivity index (χ2v) is 6.79. The highest BCUT2D eigenvalue weighted by molar-refractivity contribution is 5.71. The zero-order valence-electron chi connectivity index (χ0n) is 15.7. The molecular formula is C18H21F3N2O4. The van der Waals surface area contributed by atoms with Crippen molar-refractivity contribution >= 4 is 5.97 Å². The molecule has 0 bridgehead atoms. The van der Waals surface area contributed by atoms with Crippen LogP contribution in [0.5, 0.6) is 11.5 Å². The summed E-state index contributed by atoms with van der Waals surface area (Å²) in [5, 5.41) is 3.59. The van der Waals surface area contributed by atoms with Crippen LogP contribution in [-0.2, 0) is 15.7 Å². The predicted octanol–water partition coefficient (Wildman–Crippen LogP) is 3.93. The van der Waals surface area contributed by atoms with Gasteiger partial charge in [0.15, 0.2) is 23.8 Å². The topological polar surface area (TPSA) is 62.6 Å². The fraction of sp³-hybridized carbons (Fsp3) is 0.444. The molecule has 0 fully saturated rings. The lowest BCUT2D eigenvalue weighted by molar-refractivity contribution is -0.157. The molecule has 0 unspecified atom stereocenters. The van der Waals surface area contributed by atoms with Gasteiger partial charge in [0.05, 0.1) is 12.8 Å². The molecule has 148 valence electrons. The SMILES string of the molecule is COc1cc(-n2nc(C(F)(F)F)cc2C)ccc1OCC(=O)OC(C)(C)C. The summed E-state index contributed by atoms with van der Waals surface area (Å²) in [7, 11) is 1.39. The molecule has 1 aromatic heterocycles. The lowest BCUT2D eigenvalue weighted by atomic mass is 10.2. The largest absolute Gasteiger partial charge is 0.493 e. The molecule has 6 nitrogen and oxygen atoms in total. The molecule has 2 rings (SSSR count). The smallest absolute Gasteiger partial charge is 0.435 e. The maximum Gasteiger partial charge on any atom is 0.435 e. The van der Waals surface area contributed by atoms with E-state index >= 15 is 0 Å². The molecule has 0 aliphatic rings. The van der Waals surface area contributed by atoms with Gasteiger partial charge in [0.25, 0.3) is 0 Å². The van der Waals surface area contributed by atoms with Gasteiger partial charge in [-0.05, 0) is 45.9 Å². The number of aromatic nitrogens is 2. The van der Waals surface area contributed by atoms with Crippen molar-refractivity contribution in [2.24, 2.45) is 0 Å². The third kappa shape index (κ3) is 5.38. The van der Waals surface area contributed by atoms with Crippen molar-refractivity contribution in [3.05, 3.63) is 35.7 Å². The molecule has 0 amide bonds. The molecule has 0 spiro atoms. The van der Waals surface area contributed by atoms with Gasteiger partial charge in [-0.1, -0.05) is 0 Å². The minimum Gasteiger partial charge on any atom is -0.493 e. The van der Waals surface area contributed by atoms with Gasteiger partial charge in [-0.2, -0.15) is 18.3 Å². The Labute approximate surface area is 154 Å². The number of esters is 1. The molecule has 27 heavy (non-hydrogen) atoms. The van der Waals surface area contributed by atoms with E-state index in [2.05, 4.69) is 5.10 Å². The molecule has 1 aromatic carbocycles. The fourth-order valence-corrected chi connectivity index (χ4v) is 2.29. The Morgan fingerprint density at radius 1 is 1.15 bits per heavy atom. The molecule has 0 saturated heterocycles. The van der Waals surface area contributed by atoms with E-state index in [1.807, 2.05) is 0 Å². The van der Waals surface area contributed by atoms with Gasteiger partial charge < -0.3 is 14.2 Å². The Hall–Kier alpha value is -2.71. The second kappa shape index (κ2) is 7.50. The first-order valence-corrected chi connectivity index (χ1v) is 8.07. The van der Waals surface area contributed by atoms with Crippen LogP contribution in [0.1, 0.15) is 32.2 Å². The minimum atomic E-state index is -4.53. The van der Waals surface area contributed by atoms with Crippen molar-refractivity contribution in [3.63, 3.8) is 0 Å². The average molecular weight is 386 g/mol. The zero-order chi connectivity index (χ0) is 20.4. The van der Waals surface area contributed by atoms with Crippen molar-refractivity contribution in [1.29, 1.82) is 0 Å². The summed E-state index contributed by atoms with van der Waals surface area (Å²) < 4.78 is 55.4. The quantitative estimate of drug-likeness (QED) is 0.729. The van der Waals surface area contributed by atoms with Crippen molar-refractivity contribution in [3.8, 4) is 17.2 Å². The lowest BCUT2D eigenvalue weighted by Crippen LogP contribution is -2.27. The molecule has 1 heterocycles. The molecular weight excluding hydrogens is 365 g/mol. The highest BCUT2D eigenvalue weighted by atomic mass is 19.4. The van der Waals surface area contributed by atoms with Gasteiger partial charge in [-0.25, -0.2) is 9.48 Å². The fourth-order valence-electron chi connectivity index (χ4n) is 2.29. The second-order valence-electron chi connectivity index (χ2n) is 6.79. The summed E-state index contributed by atoms with van der Waals surface area (Å²) in [6.07, 6.45) is -4.53. The molecule has 0 aliphatic carbocycles. The summed E-state index contributed by atoms with van der Waals surface area (Å²) in [6.45, 7) is 6.40. The third-order valence-electron chi connectivity index (χ3n) is 3.34. The number of carbonyl (C=O) groups is 1. The number of carbonyl (C=O) groups excluding carboxylic acids is 1. The number of ether oxygens (including phenoxy) is 3. The van der Waals surface area contributed by atoms with Gasteiger partial charge in [0.1, 0.15) is 5.60 Å². The number of aryl methyl sites for hydroxylation is 1. The van der Waals surface area contributed by atoms with E-state index < -0.39 is 23.4 Å². The number of alkyl halides is 3. The number of hydrogen-bond acceptors (Lipinski definition) is 5.